The van der Waals surface area contributed by atoms with Crippen molar-refractivity contribution in [2.45, 2.75) is 13.5 Å². The van der Waals surface area contributed by atoms with Gasteiger partial charge in [-0.05, 0) is 48.9 Å². The van der Waals surface area contributed by atoms with E-state index in [1.165, 1.54) is 19.2 Å². The van der Waals surface area contributed by atoms with E-state index in [0.717, 1.165) is 5.56 Å². The lowest BCUT2D eigenvalue weighted by molar-refractivity contribution is -0.385. The third kappa shape index (κ3) is 4.92. The maximum Gasteiger partial charge on any atom is 0.363 e. The molecule has 0 saturated carbocycles. The Morgan fingerprint density at radius 1 is 1.12 bits per heavy atom. The molecule has 1 heterocycles. The number of hydrogen-bond acceptors (Lipinski definition) is 7. The molecule has 0 spiro atoms. The van der Waals surface area contributed by atoms with Crippen LogP contribution in [-0.4, -0.2) is 23.9 Å². The van der Waals surface area contributed by atoms with Crippen LogP contribution in [0.25, 0.3) is 6.08 Å². The number of rotatable bonds is 7. The molecule has 0 atom stereocenters. The molecule has 0 aliphatic carbocycles. The Balaban J connectivity index is 1.55. The molecular weight excluding hydrogens is 460 g/mol. The Morgan fingerprint density at radius 2 is 1.91 bits per heavy atom. The van der Waals surface area contributed by atoms with Gasteiger partial charge in [-0.3, -0.25) is 10.1 Å². The van der Waals surface area contributed by atoms with Gasteiger partial charge in [-0.2, -0.15) is 0 Å². The van der Waals surface area contributed by atoms with Crippen LogP contribution in [0.4, 0.5) is 5.69 Å². The SMILES string of the molecule is COc1cc(/C=C2\N=C(c3ccc([N+](=O)[O-])c(C)c3)OC2=O)ccc1OCc1ccccc1Cl. The molecule has 0 bridgehead atoms. The van der Waals surface area contributed by atoms with Gasteiger partial charge in [-0.15, -0.1) is 0 Å². The molecule has 3 aromatic carbocycles. The van der Waals surface area contributed by atoms with Crippen LogP contribution in [0.15, 0.2) is 71.4 Å². The van der Waals surface area contributed by atoms with Gasteiger partial charge in [-0.25, -0.2) is 9.79 Å². The fraction of sp³-hybridized carbons (Fsp3) is 0.120. The van der Waals surface area contributed by atoms with E-state index < -0.39 is 10.9 Å². The number of methoxy groups -OCH3 is 1. The van der Waals surface area contributed by atoms with Crippen molar-refractivity contribution >= 4 is 35.2 Å². The summed E-state index contributed by atoms with van der Waals surface area (Å²) < 4.78 is 16.6. The quantitative estimate of drug-likeness (QED) is 0.193. The third-order valence-electron chi connectivity index (χ3n) is 5.09. The number of aliphatic imine (C=N–C) groups is 1. The van der Waals surface area contributed by atoms with Crippen molar-refractivity contribution in [2.24, 2.45) is 4.99 Å². The number of benzene rings is 3. The second-order valence-corrected chi connectivity index (χ2v) is 7.79. The summed E-state index contributed by atoms with van der Waals surface area (Å²) in [5.74, 6) is 0.456. The Labute approximate surface area is 200 Å². The molecule has 0 unspecified atom stereocenters. The van der Waals surface area contributed by atoms with Gasteiger partial charge in [0.25, 0.3) is 5.69 Å². The summed E-state index contributed by atoms with van der Waals surface area (Å²) in [4.78, 5) is 27.2. The maximum atomic E-state index is 12.4. The van der Waals surface area contributed by atoms with Crippen LogP contribution in [0.2, 0.25) is 5.02 Å². The summed E-state index contributed by atoms with van der Waals surface area (Å²) >= 11 is 6.18. The second-order valence-electron chi connectivity index (χ2n) is 7.38. The Kier molecular flexibility index (Phi) is 6.60. The minimum Gasteiger partial charge on any atom is -0.493 e. The topological polar surface area (TPSA) is 100 Å². The van der Waals surface area contributed by atoms with E-state index in [9.17, 15) is 14.9 Å². The van der Waals surface area contributed by atoms with E-state index >= 15 is 0 Å². The van der Waals surface area contributed by atoms with Gasteiger partial charge in [0.1, 0.15) is 6.61 Å². The number of halogens is 1. The second kappa shape index (κ2) is 9.76. The molecule has 0 saturated heterocycles. The van der Waals surface area contributed by atoms with Crippen molar-refractivity contribution in [1.82, 2.24) is 0 Å². The van der Waals surface area contributed by atoms with E-state index in [1.807, 2.05) is 18.2 Å². The predicted octanol–water partition coefficient (Wildman–Crippen LogP) is 5.49. The lowest BCUT2D eigenvalue weighted by Gasteiger charge is -2.12. The number of carbonyl (C=O) groups excluding carboxylic acids is 1. The number of esters is 1. The number of cyclic esters (lactones) is 1. The zero-order chi connectivity index (χ0) is 24.2. The lowest BCUT2D eigenvalue weighted by atomic mass is 10.1. The molecule has 172 valence electrons. The van der Waals surface area contributed by atoms with Gasteiger partial charge in [0.15, 0.2) is 17.2 Å². The Hall–Kier alpha value is -4.17. The highest BCUT2D eigenvalue weighted by Gasteiger charge is 2.25. The molecule has 9 heteroatoms. The van der Waals surface area contributed by atoms with Crippen LogP contribution in [0, 0.1) is 17.0 Å². The van der Waals surface area contributed by atoms with Gasteiger partial charge in [0.2, 0.25) is 5.90 Å². The number of hydrogen-bond donors (Lipinski definition) is 0. The summed E-state index contributed by atoms with van der Waals surface area (Å²) in [5, 5.41) is 11.6. The van der Waals surface area contributed by atoms with Crippen LogP contribution in [-0.2, 0) is 16.1 Å². The molecule has 4 rings (SSSR count). The van der Waals surface area contributed by atoms with Gasteiger partial charge in [-0.1, -0.05) is 35.9 Å². The number of nitro groups is 1. The van der Waals surface area contributed by atoms with Crippen LogP contribution in [0.3, 0.4) is 0 Å². The van der Waals surface area contributed by atoms with Crippen LogP contribution in [0.1, 0.15) is 22.3 Å². The molecule has 1 aliphatic rings. The van der Waals surface area contributed by atoms with Crippen molar-refractivity contribution in [3.63, 3.8) is 0 Å². The average Bonchev–Trinajstić information content (AvgIpc) is 3.18. The summed E-state index contributed by atoms with van der Waals surface area (Å²) in [5.41, 5.74) is 2.48. The van der Waals surface area contributed by atoms with Crippen LogP contribution in [0.5, 0.6) is 11.5 Å². The molecule has 0 fully saturated rings. The lowest BCUT2D eigenvalue weighted by Crippen LogP contribution is -2.06. The first-order valence-corrected chi connectivity index (χ1v) is 10.6. The number of nitrogens with zero attached hydrogens (tertiary/aromatic N) is 2. The molecule has 0 amide bonds. The molecule has 1 aliphatic heterocycles. The molecular formula is C25H19ClN2O6. The fourth-order valence-corrected chi connectivity index (χ4v) is 3.54. The van der Waals surface area contributed by atoms with Crippen molar-refractivity contribution < 1.29 is 23.9 Å². The third-order valence-corrected chi connectivity index (χ3v) is 5.46. The minimum atomic E-state index is -0.621. The van der Waals surface area contributed by atoms with Gasteiger partial charge >= 0.3 is 5.97 Å². The van der Waals surface area contributed by atoms with Crippen LogP contribution < -0.4 is 9.47 Å². The first kappa shape index (κ1) is 23.0. The summed E-state index contributed by atoms with van der Waals surface area (Å²) in [7, 11) is 1.52. The summed E-state index contributed by atoms with van der Waals surface area (Å²) in [6.07, 6.45) is 1.56. The highest BCUT2D eigenvalue weighted by molar-refractivity contribution is 6.31. The summed E-state index contributed by atoms with van der Waals surface area (Å²) in [6.45, 7) is 1.88. The normalized spacial score (nSPS) is 14.0. The fourth-order valence-electron chi connectivity index (χ4n) is 3.35. The largest absolute Gasteiger partial charge is 0.493 e. The zero-order valence-electron chi connectivity index (χ0n) is 18.3. The van der Waals surface area contributed by atoms with Gasteiger partial charge in [0.05, 0.1) is 12.0 Å². The molecule has 0 N–H and O–H groups in total. The van der Waals surface area contributed by atoms with Crippen molar-refractivity contribution in [3.05, 3.63) is 104 Å². The maximum absolute atomic E-state index is 12.4. The standard InChI is InChI=1S/C25H19ClN2O6/c1-15-11-17(8-9-21(15)28(30)31)24-27-20(25(29)34-24)12-16-7-10-22(23(13-16)32-2)33-14-18-5-3-4-6-19(18)26/h3-13H,14H2,1-2H3/b20-12-. The van der Waals surface area contributed by atoms with Gasteiger partial charge < -0.3 is 14.2 Å². The van der Waals surface area contributed by atoms with E-state index in [-0.39, 0.29) is 23.9 Å². The number of nitro benzene ring substituents is 1. The molecule has 0 radical (unpaired) electrons. The number of carbonyl (C=O) groups is 1. The smallest absolute Gasteiger partial charge is 0.363 e. The van der Waals surface area contributed by atoms with Crippen molar-refractivity contribution in [1.29, 1.82) is 0 Å². The molecule has 0 aromatic heterocycles. The highest BCUT2D eigenvalue weighted by Crippen LogP contribution is 2.31. The van der Waals surface area contributed by atoms with Crippen molar-refractivity contribution in [3.8, 4) is 11.5 Å². The van der Waals surface area contributed by atoms with E-state index in [4.69, 9.17) is 25.8 Å². The predicted molar refractivity (Wildman–Crippen MR) is 127 cm³/mol. The first-order chi connectivity index (χ1) is 16.4. The zero-order valence-corrected chi connectivity index (χ0v) is 19.0. The highest BCUT2D eigenvalue weighted by atomic mass is 35.5. The van der Waals surface area contributed by atoms with Gasteiger partial charge in [0, 0.05) is 27.8 Å². The first-order valence-electron chi connectivity index (χ1n) is 10.2. The van der Waals surface area contributed by atoms with Crippen molar-refractivity contribution in [2.75, 3.05) is 7.11 Å². The van der Waals surface area contributed by atoms with E-state index in [0.29, 0.717) is 33.2 Å². The Bertz CT molecular complexity index is 1350. The molecule has 34 heavy (non-hydrogen) atoms. The average molecular weight is 479 g/mol. The monoisotopic (exact) mass is 478 g/mol. The summed E-state index contributed by atoms with van der Waals surface area (Å²) in [6, 6.07) is 17.0. The molecule has 3 aromatic rings. The van der Waals surface area contributed by atoms with E-state index in [1.54, 1.807) is 43.3 Å². The van der Waals surface area contributed by atoms with Crippen LogP contribution >= 0.6 is 11.6 Å². The Morgan fingerprint density at radius 3 is 2.62 bits per heavy atom. The number of ether oxygens (including phenoxy) is 3. The minimum absolute atomic E-state index is 0.0200. The number of aryl methyl sites for hydroxylation is 1. The van der Waals surface area contributed by atoms with E-state index in [2.05, 4.69) is 4.99 Å². The molecule has 8 nitrogen and oxygen atoms in total.